The van der Waals surface area contributed by atoms with Crippen LogP contribution in [0.1, 0.15) is 13.3 Å². The van der Waals surface area contributed by atoms with E-state index < -0.39 is 6.10 Å². The fourth-order valence-electron chi connectivity index (χ4n) is 3.35. The van der Waals surface area contributed by atoms with Crippen molar-refractivity contribution in [2.75, 3.05) is 39.3 Å². The number of hydrogen-bond acceptors (Lipinski definition) is 6. The van der Waals surface area contributed by atoms with Crippen LogP contribution in [0.3, 0.4) is 0 Å². The molecule has 0 aliphatic carbocycles. The Morgan fingerprint density at radius 2 is 1.96 bits per heavy atom. The molecule has 1 N–H and O–H groups in total. The minimum Gasteiger partial charge on any atom is -0.491 e. The van der Waals surface area contributed by atoms with Crippen LogP contribution in [0.5, 0.6) is 5.75 Å². The number of esters is 1. The molecule has 24 heavy (non-hydrogen) atoms. The zero-order valence-corrected chi connectivity index (χ0v) is 14.1. The number of para-hydroxylation sites is 1. The first-order valence-electron chi connectivity index (χ1n) is 8.64. The zero-order chi connectivity index (χ0) is 16.9. The van der Waals surface area contributed by atoms with E-state index in [0.717, 1.165) is 38.3 Å². The number of ether oxygens (including phenoxy) is 2. The second-order valence-electron chi connectivity index (χ2n) is 6.61. The van der Waals surface area contributed by atoms with Crippen LogP contribution < -0.4 is 4.74 Å². The standard InChI is InChI=1S/C18H26N2O4/c1-14-11-17(18(22)24-14)20-9-7-19(8-10-20)12-15(21)13-23-16-5-3-2-4-6-16/h2-6,14-15,17,21H,7-13H2,1H3/t14-,15-,17-/m1/s1. The van der Waals surface area contributed by atoms with Gasteiger partial charge in [-0.05, 0) is 19.1 Å². The molecule has 2 heterocycles. The first-order valence-corrected chi connectivity index (χ1v) is 8.64. The van der Waals surface area contributed by atoms with Crippen molar-refractivity contribution in [3.63, 3.8) is 0 Å². The van der Waals surface area contributed by atoms with E-state index in [1.165, 1.54) is 0 Å². The molecule has 2 aliphatic heterocycles. The third-order valence-electron chi connectivity index (χ3n) is 4.65. The summed E-state index contributed by atoms with van der Waals surface area (Å²) in [5.41, 5.74) is 0. The van der Waals surface area contributed by atoms with Gasteiger partial charge in [0, 0.05) is 39.1 Å². The molecular formula is C18H26N2O4. The van der Waals surface area contributed by atoms with Gasteiger partial charge in [-0.15, -0.1) is 0 Å². The summed E-state index contributed by atoms with van der Waals surface area (Å²) in [6.07, 6.45) is 0.289. The van der Waals surface area contributed by atoms with Crippen LogP contribution in [0, 0.1) is 0 Å². The Morgan fingerprint density at radius 1 is 1.25 bits per heavy atom. The Morgan fingerprint density at radius 3 is 2.58 bits per heavy atom. The lowest BCUT2D eigenvalue weighted by atomic mass is 10.1. The summed E-state index contributed by atoms with van der Waals surface area (Å²) in [7, 11) is 0. The lowest BCUT2D eigenvalue weighted by molar-refractivity contribution is -0.145. The maximum Gasteiger partial charge on any atom is 0.323 e. The largest absolute Gasteiger partial charge is 0.491 e. The number of hydrogen-bond donors (Lipinski definition) is 1. The number of piperazine rings is 1. The van der Waals surface area contributed by atoms with Gasteiger partial charge < -0.3 is 14.6 Å². The SMILES string of the molecule is C[C@@H]1C[C@@H](N2CCN(C[C@@H](O)COc3ccccc3)CC2)C(=O)O1. The van der Waals surface area contributed by atoms with Gasteiger partial charge >= 0.3 is 5.97 Å². The smallest absolute Gasteiger partial charge is 0.323 e. The first kappa shape index (κ1) is 17.2. The Hall–Kier alpha value is -1.63. The van der Waals surface area contributed by atoms with E-state index >= 15 is 0 Å². The number of carbonyl (C=O) groups excluding carboxylic acids is 1. The molecule has 2 fully saturated rings. The summed E-state index contributed by atoms with van der Waals surface area (Å²) in [5.74, 6) is 0.683. The molecule has 0 unspecified atom stereocenters. The van der Waals surface area contributed by atoms with Crippen molar-refractivity contribution in [3.8, 4) is 5.75 Å². The molecule has 6 nitrogen and oxygen atoms in total. The highest BCUT2D eigenvalue weighted by Gasteiger charge is 2.37. The fraction of sp³-hybridized carbons (Fsp3) is 0.611. The zero-order valence-electron chi connectivity index (χ0n) is 14.1. The van der Waals surface area contributed by atoms with E-state index in [1.807, 2.05) is 37.3 Å². The molecule has 0 aromatic heterocycles. The van der Waals surface area contributed by atoms with Crippen molar-refractivity contribution >= 4 is 5.97 Å². The van der Waals surface area contributed by atoms with Crippen LogP contribution in [0.2, 0.25) is 0 Å². The molecule has 0 radical (unpaired) electrons. The predicted molar refractivity (Wildman–Crippen MR) is 89.9 cm³/mol. The van der Waals surface area contributed by atoms with Crippen molar-refractivity contribution in [1.29, 1.82) is 0 Å². The van der Waals surface area contributed by atoms with Crippen LogP contribution >= 0.6 is 0 Å². The molecule has 1 aromatic rings. The molecule has 1 aromatic carbocycles. The Bertz CT molecular complexity index is 531. The number of β-amino-alcohol motifs (C(OH)–C–C–N with tert-alkyl or cyclic N) is 1. The fourth-order valence-corrected chi connectivity index (χ4v) is 3.35. The highest BCUT2D eigenvalue weighted by atomic mass is 16.6. The third kappa shape index (κ3) is 4.47. The van der Waals surface area contributed by atoms with Gasteiger partial charge in [0.2, 0.25) is 0 Å². The summed E-state index contributed by atoms with van der Waals surface area (Å²) in [6.45, 7) is 6.18. The molecule has 3 atom stereocenters. The second-order valence-corrected chi connectivity index (χ2v) is 6.61. The summed E-state index contributed by atoms with van der Waals surface area (Å²) in [6, 6.07) is 9.43. The molecule has 132 valence electrons. The van der Waals surface area contributed by atoms with Crippen molar-refractivity contribution in [3.05, 3.63) is 30.3 Å². The number of aliphatic hydroxyl groups is 1. The summed E-state index contributed by atoms with van der Waals surface area (Å²) in [4.78, 5) is 16.3. The van der Waals surface area contributed by atoms with E-state index in [4.69, 9.17) is 9.47 Å². The molecule has 2 aliphatic rings. The average molecular weight is 334 g/mol. The van der Waals surface area contributed by atoms with Crippen molar-refractivity contribution in [2.24, 2.45) is 0 Å². The van der Waals surface area contributed by atoms with E-state index in [-0.39, 0.29) is 24.7 Å². The van der Waals surface area contributed by atoms with E-state index in [0.29, 0.717) is 6.54 Å². The van der Waals surface area contributed by atoms with Gasteiger partial charge in [0.1, 0.15) is 30.6 Å². The van der Waals surface area contributed by atoms with Crippen LogP contribution in [0.25, 0.3) is 0 Å². The van der Waals surface area contributed by atoms with Crippen LogP contribution in [0.15, 0.2) is 30.3 Å². The van der Waals surface area contributed by atoms with Crippen LogP contribution in [-0.4, -0.2) is 78.5 Å². The van der Waals surface area contributed by atoms with Gasteiger partial charge in [-0.2, -0.15) is 0 Å². The molecular weight excluding hydrogens is 308 g/mol. The number of aliphatic hydroxyl groups excluding tert-OH is 1. The number of nitrogens with zero attached hydrogens (tertiary/aromatic N) is 2. The quantitative estimate of drug-likeness (QED) is 0.775. The molecule has 0 spiro atoms. The highest BCUT2D eigenvalue weighted by Crippen LogP contribution is 2.21. The lowest BCUT2D eigenvalue weighted by Gasteiger charge is -2.37. The molecule has 2 saturated heterocycles. The summed E-state index contributed by atoms with van der Waals surface area (Å²) in [5, 5.41) is 10.2. The third-order valence-corrected chi connectivity index (χ3v) is 4.65. The van der Waals surface area contributed by atoms with Crippen molar-refractivity contribution < 1.29 is 19.4 Å². The number of carbonyl (C=O) groups is 1. The van der Waals surface area contributed by atoms with Crippen molar-refractivity contribution in [1.82, 2.24) is 9.80 Å². The van der Waals surface area contributed by atoms with Gasteiger partial charge in [-0.3, -0.25) is 14.6 Å². The first-order chi connectivity index (χ1) is 11.6. The second kappa shape index (κ2) is 7.96. The van der Waals surface area contributed by atoms with E-state index in [1.54, 1.807) is 0 Å². The summed E-state index contributed by atoms with van der Waals surface area (Å²) < 4.78 is 10.8. The topological polar surface area (TPSA) is 62.2 Å². The van der Waals surface area contributed by atoms with Gasteiger partial charge in [0.25, 0.3) is 0 Å². The molecule has 0 bridgehead atoms. The van der Waals surface area contributed by atoms with Crippen molar-refractivity contribution in [2.45, 2.75) is 31.6 Å². The maximum absolute atomic E-state index is 11.8. The highest BCUT2D eigenvalue weighted by molar-refractivity contribution is 5.78. The van der Waals surface area contributed by atoms with Crippen LogP contribution in [0.4, 0.5) is 0 Å². The van der Waals surface area contributed by atoms with Crippen LogP contribution in [-0.2, 0) is 9.53 Å². The minimum absolute atomic E-state index is 0.0255. The van der Waals surface area contributed by atoms with Gasteiger partial charge in [0.15, 0.2) is 0 Å². The predicted octanol–water partition coefficient (Wildman–Crippen LogP) is 0.748. The Balaban J connectivity index is 1.38. The number of cyclic esters (lactones) is 1. The molecule has 6 heteroatoms. The molecule has 0 saturated carbocycles. The van der Waals surface area contributed by atoms with E-state index in [2.05, 4.69) is 9.80 Å². The monoisotopic (exact) mass is 334 g/mol. The number of benzene rings is 1. The van der Waals surface area contributed by atoms with Gasteiger partial charge in [0.05, 0.1) is 0 Å². The lowest BCUT2D eigenvalue weighted by Crippen LogP contribution is -2.53. The summed E-state index contributed by atoms with van der Waals surface area (Å²) >= 11 is 0. The molecule has 0 amide bonds. The van der Waals surface area contributed by atoms with Gasteiger partial charge in [-0.1, -0.05) is 18.2 Å². The molecule has 3 rings (SSSR count). The normalized spacial score (nSPS) is 27.0. The Kier molecular flexibility index (Phi) is 5.71. The Labute approximate surface area is 143 Å². The van der Waals surface area contributed by atoms with E-state index in [9.17, 15) is 9.90 Å². The van der Waals surface area contributed by atoms with Gasteiger partial charge in [-0.25, -0.2) is 0 Å². The minimum atomic E-state index is -0.520. The maximum atomic E-state index is 11.8. The number of rotatable bonds is 6. The average Bonchev–Trinajstić information content (AvgIpc) is 2.93.